The van der Waals surface area contributed by atoms with Gasteiger partial charge in [0, 0.05) is 11.1 Å². The van der Waals surface area contributed by atoms with Crippen molar-refractivity contribution >= 4 is 27.5 Å². The molecular weight excluding hydrogens is 388 g/mol. The number of nitrogens with one attached hydrogen (secondary N) is 1. The maximum atomic E-state index is 12.6. The van der Waals surface area contributed by atoms with Crippen LogP contribution in [0.5, 0.6) is 5.75 Å². The summed E-state index contributed by atoms with van der Waals surface area (Å²) in [7, 11) is -2.22. The van der Waals surface area contributed by atoms with Crippen LogP contribution in [-0.4, -0.2) is 27.5 Å². The summed E-state index contributed by atoms with van der Waals surface area (Å²) in [4.78, 5) is 12.7. The van der Waals surface area contributed by atoms with E-state index >= 15 is 0 Å². The molecule has 0 aliphatic heterocycles. The molecule has 148 valence electrons. The Kier molecular flexibility index (Phi) is 6.39. The summed E-state index contributed by atoms with van der Waals surface area (Å²) in [6.45, 7) is 5.73. The molecule has 1 fully saturated rings. The van der Waals surface area contributed by atoms with E-state index in [4.69, 9.17) is 21.5 Å². The first-order chi connectivity index (χ1) is 12.5. The van der Waals surface area contributed by atoms with E-state index in [1.165, 1.54) is 19.3 Å². The third-order valence-corrected chi connectivity index (χ3v) is 6.29. The monoisotopic (exact) mass is 412 g/mol. The van der Waals surface area contributed by atoms with Gasteiger partial charge in [-0.2, -0.15) is 0 Å². The summed E-state index contributed by atoms with van der Waals surface area (Å²) in [5, 5.41) is 8.63. The second-order valence-electron chi connectivity index (χ2n) is 7.10. The molecule has 2 rings (SSSR count). The number of amides is 1. The smallest absolute Gasteiger partial charge is 0.255 e. The zero-order valence-corrected chi connectivity index (χ0v) is 17.4. The number of carbonyl (C=O) groups excluding carboxylic acids is 1. The average molecular weight is 413 g/mol. The summed E-state index contributed by atoms with van der Waals surface area (Å²) in [6.07, 6.45) is 5.35. The third-order valence-electron chi connectivity index (χ3n) is 5.03. The fourth-order valence-electron chi connectivity index (χ4n) is 3.23. The van der Waals surface area contributed by atoms with Gasteiger partial charge in [-0.15, -0.1) is 0 Å². The van der Waals surface area contributed by atoms with Gasteiger partial charge in [-0.05, 0) is 49.0 Å². The van der Waals surface area contributed by atoms with Gasteiger partial charge in [0.2, 0.25) is 10.0 Å². The molecule has 0 aromatic heterocycles. The quantitative estimate of drug-likeness (QED) is 0.671. The molecule has 0 radical (unpaired) electrons. The largest absolute Gasteiger partial charge is 0.496 e. The Labute approximate surface area is 165 Å². The number of benzene rings is 1. The van der Waals surface area contributed by atoms with Gasteiger partial charge >= 0.3 is 0 Å². The summed E-state index contributed by atoms with van der Waals surface area (Å²) in [6, 6.07) is 4.85. The van der Waals surface area contributed by atoms with Crippen molar-refractivity contribution in [3.05, 3.63) is 51.9 Å². The molecule has 1 amide bonds. The molecular formula is C19H25ClN2O4S. The molecule has 1 aliphatic carbocycles. The van der Waals surface area contributed by atoms with E-state index in [0.29, 0.717) is 22.8 Å². The van der Waals surface area contributed by atoms with Crippen LogP contribution in [0.1, 0.15) is 37.6 Å². The van der Waals surface area contributed by atoms with Crippen LogP contribution < -0.4 is 15.2 Å². The van der Waals surface area contributed by atoms with Crippen LogP contribution in [0.2, 0.25) is 5.02 Å². The molecule has 1 saturated carbocycles. The van der Waals surface area contributed by atoms with Crippen molar-refractivity contribution in [1.29, 1.82) is 0 Å². The van der Waals surface area contributed by atoms with Crippen molar-refractivity contribution in [3.63, 3.8) is 0 Å². The van der Waals surface area contributed by atoms with Crippen molar-refractivity contribution in [1.82, 2.24) is 5.32 Å². The van der Waals surface area contributed by atoms with Gasteiger partial charge in [-0.25, -0.2) is 13.6 Å². The van der Waals surface area contributed by atoms with E-state index in [1.54, 1.807) is 31.2 Å². The van der Waals surface area contributed by atoms with Crippen molar-refractivity contribution in [2.24, 2.45) is 16.5 Å². The lowest BCUT2D eigenvalue weighted by Crippen LogP contribution is -2.29. The van der Waals surface area contributed by atoms with E-state index < -0.39 is 10.0 Å². The van der Waals surface area contributed by atoms with E-state index in [0.717, 1.165) is 0 Å². The highest BCUT2D eigenvalue weighted by molar-refractivity contribution is 7.93. The Morgan fingerprint density at radius 3 is 2.63 bits per heavy atom. The van der Waals surface area contributed by atoms with Gasteiger partial charge in [0.15, 0.2) is 0 Å². The van der Waals surface area contributed by atoms with E-state index in [9.17, 15) is 13.2 Å². The predicted molar refractivity (Wildman–Crippen MR) is 107 cm³/mol. The van der Waals surface area contributed by atoms with E-state index in [-0.39, 0.29) is 28.2 Å². The second-order valence-corrected chi connectivity index (χ2v) is 9.10. The molecule has 0 unspecified atom stereocenters. The fourth-order valence-corrected chi connectivity index (χ4v) is 4.02. The normalized spacial score (nSPS) is 21.9. The summed E-state index contributed by atoms with van der Waals surface area (Å²) in [5.41, 5.74) is 0.274. The number of sulfonamides is 1. The van der Waals surface area contributed by atoms with E-state index in [1.807, 2.05) is 0 Å². The average Bonchev–Trinajstić information content (AvgIpc) is 3.09. The molecule has 0 saturated heterocycles. The molecule has 0 bridgehead atoms. The van der Waals surface area contributed by atoms with Crippen LogP contribution in [0, 0.1) is 11.3 Å². The van der Waals surface area contributed by atoms with Crippen LogP contribution in [0.4, 0.5) is 0 Å². The number of methoxy groups -OCH3 is 1. The van der Waals surface area contributed by atoms with Crippen molar-refractivity contribution in [2.75, 3.05) is 7.11 Å². The highest BCUT2D eigenvalue weighted by Crippen LogP contribution is 2.54. The van der Waals surface area contributed by atoms with Gasteiger partial charge < -0.3 is 10.1 Å². The van der Waals surface area contributed by atoms with Gasteiger partial charge in [0.05, 0.1) is 17.6 Å². The highest BCUT2D eigenvalue weighted by Gasteiger charge is 2.57. The maximum absolute atomic E-state index is 12.6. The lowest BCUT2D eigenvalue weighted by atomic mass is 10.1. The van der Waals surface area contributed by atoms with Crippen molar-refractivity contribution in [3.8, 4) is 5.75 Å². The lowest BCUT2D eigenvalue weighted by molar-refractivity contribution is 0.0942. The molecule has 0 spiro atoms. The molecule has 2 atom stereocenters. The number of ether oxygens (including phenoxy) is 1. The zero-order chi connectivity index (χ0) is 20.4. The Hall–Kier alpha value is -1.83. The number of hydrogen-bond acceptors (Lipinski definition) is 4. The Morgan fingerprint density at radius 1 is 1.41 bits per heavy atom. The minimum Gasteiger partial charge on any atom is -0.496 e. The minimum atomic E-state index is -3.72. The zero-order valence-electron chi connectivity index (χ0n) is 15.8. The molecule has 6 nitrogen and oxygen atoms in total. The van der Waals surface area contributed by atoms with E-state index in [2.05, 4.69) is 19.2 Å². The topological polar surface area (TPSA) is 98.5 Å². The van der Waals surface area contributed by atoms with Gasteiger partial charge in [0.1, 0.15) is 5.75 Å². The number of halogens is 1. The molecule has 1 aromatic carbocycles. The highest BCUT2D eigenvalue weighted by atomic mass is 35.5. The van der Waals surface area contributed by atoms with Crippen LogP contribution in [0.15, 0.2) is 41.3 Å². The second kappa shape index (κ2) is 8.04. The molecule has 0 heterocycles. The Bertz CT molecular complexity index is 891. The molecule has 3 N–H and O–H groups in total. The number of allylic oxidation sites excluding steroid dienone is 3. The van der Waals surface area contributed by atoms with Gasteiger partial charge in [-0.1, -0.05) is 37.6 Å². The Balaban J connectivity index is 2.06. The number of hydrogen-bond donors (Lipinski definition) is 2. The van der Waals surface area contributed by atoms with Crippen LogP contribution >= 0.6 is 11.6 Å². The first-order valence-electron chi connectivity index (χ1n) is 8.52. The third kappa shape index (κ3) is 4.91. The molecule has 1 aromatic rings. The summed E-state index contributed by atoms with van der Waals surface area (Å²) in [5.74, 6) is 0.386. The lowest BCUT2D eigenvalue weighted by Gasteiger charge is -2.10. The van der Waals surface area contributed by atoms with Gasteiger partial charge in [0.25, 0.3) is 5.91 Å². The first-order valence-corrected chi connectivity index (χ1v) is 10.4. The number of primary sulfonamides is 1. The van der Waals surface area contributed by atoms with Gasteiger partial charge in [-0.3, -0.25) is 4.79 Å². The predicted octanol–water partition coefficient (Wildman–Crippen LogP) is 3.24. The maximum Gasteiger partial charge on any atom is 0.255 e. The van der Waals surface area contributed by atoms with Crippen LogP contribution in [0.25, 0.3) is 0 Å². The summed E-state index contributed by atoms with van der Waals surface area (Å²) >= 11 is 5.99. The molecule has 1 aliphatic rings. The first kappa shape index (κ1) is 21.5. The minimum absolute atomic E-state index is 0.0399. The van der Waals surface area contributed by atoms with Crippen LogP contribution in [0.3, 0.4) is 0 Å². The standard InChI is InChI=1S/C19H25ClN2O4S/c1-5-13(27(21,24)25)7-6-8-15-17(19(15,2)3)22-18(23)14-11-12(20)9-10-16(14)26-4/h5-7,9-11,15,17H,8H2,1-4H3,(H,22,23)(H2,21,24,25)/b7-6-,13-5+/t15-,17-/m0/s1. The molecule has 8 heteroatoms. The van der Waals surface area contributed by atoms with Crippen molar-refractivity contribution < 1.29 is 17.9 Å². The molecule has 27 heavy (non-hydrogen) atoms. The SMILES string of the molecule is C/C=C(\C=C/C[C@H]1[C@H](NC(=O)c2cc(Cl)ccc2OC)C1(C)C)S(N)(=O)=O. The number of carbonyl (C=O) groups is 1. The van der Waals surface area contributed by atoms with Crippen LogP contribution in [-0.2, 0) is 10.0 Å². The number of nitrogens with two attached hydrogens (primary N) is 1. The van der Waals surface area contributed by atoms with Crippen molar-refractivity contribution in [2.45, 2.75) is 33.2 Å². The summed E-state index contributed by atoms with van der Waals surface area (Å²) < 4.78 is 28.1. The number of rotatable bonds is 7. The Morgan fingerprint density at radius 2 is 2.07 bits per heavy atom. The fraction of sp³-hybridized carbons (Fsp3) is 0.421.